The van der Waals surface area contributed by atoms with Crippen LogP contribution >= 0.6 is 0 Å². The van der Waals surface area contributed by atoms with Gasteiger partial charge in [-0.1, -0.05) is 24.6 Å². The fourth-order valence-electron chi connectivity index (χ4n) is 3.45. The van der Waals surface area contributed by atoms with Crippen LogP contribution in [0.5, 0.6) is 5.75 Å². The highest BCUT2D eigenvalue weighted by atomic mass is 16.5. The van der Waals surface area contributed by atoms with Crippen molar-refractivity contribution in [2.75, 3.05) is 27.2 Å². The normalized spacial score (nSPS) is 18.8. The minimum atomic E-state index is 0.0732. The van der Waals surface area contributed by atoms with Crippen molar-refractivity contribution in [3.05, 3.63) is 29.8 Å². The van der Waals surface area contributed by atoms with Gasteiger partial charge in [-0.25, -0.2) is 0 Å². The summed E-state index contributed by atoms with van der Waals surface area (Å²) in [6.07, 6.45) is 3.99. The van der Waals surface area contributed by atoms with Crippen molar-refractivity contribution in [1.82, 2.24) is 10.2 Å². The molecule has 3 heteroatoms. The molecule has 1 aromatic carbocycles. The van der Waals surface area contributed by atoms with Crippen molar-refractivity contribution in [2.45, 2.75) is 44.7 Å². The van der Waals surface area contributed by atoms with Crippen molar-refractivity contribution < 1.29 is 4.74 Å². The highest BCUT2D eigenvalue weighted by molar-refractivity contribution is 5.37. The van der Waals surface area contributed by atoms with Crippen LogP contribution in [0.4, 0.5) is 0 Å². The predicted octanol–water partition coefficient (Wildman–Crippen LogP) is 3.22. The number of ether oxygens (including phenoxy) is 1. The molecule has 20 heavy (non-hydrogen) atoms. The van der Waals surface area contributed by atoms with Gasteiger partial charge in [-0.2, -0.15) is 0 Å². The largest absolute Gasteiger partial charge is 0.496 e. The van der Waals surface area contributed by atoms with Gasteiger partial charge in [0.25, 0.3) is 0 Å². The average molecular weight is 276 g/mol. The Hall–Kier alpha value is -1.06. The first-order valence-corrected chi connectivity index (χ1v) is 7.66. The summed E-state index contributed by atoms with van der Waals surface area (Å²) in [5.74, 6) is 0.969. The van der Waals surface area contributed by atoms with Crippen LogP contribution < -0.4 is 10.1 Å². The van der Waals surface area contributed by atoms with E-state index in [1.807, 2.05) is 19.2 Å². The number of para-hydroxylation sites is 1. The van der Waals surface area contributed by atoms with E-state index in [1.165, 1.54) is 37.9 Å². The van der Waals surface area contributed by atoms with E-state index in [0.29, 0.717) is 0 Å². The number of nitrogens with one attached hydrogen (secondary N) is 1. The second kappa shape index (κ2) is 6.59. The molecule has 0 radical (unpaired) electrons. The van der Waals surface area contributed by atoms with Gasteiger partial charge in [0.2, 0.25) is 0 Å². The molecule has 1 aliphatic rings. The van der Waals surface area contributed by atoms with E-state index in [-0.39, 0.29) is 11.6 Å². The molecule has 1 unspecified atom stereocenters. The first kappa shape index (κ1) is 15.3. The Morgan fingerprint density at radius 2 is 1.80 bits per heavy atom. The third kappa shape index (κ3) is 2.99. The molecule has 1 aliphatic heterocycles. The van der Waals surface area contributed by atoms with Crippen molar-refractivity contribution >= 4 is 0 Å². The molecule has 0 aliphatic carbocycles. The Labute approximate surface area is 123 Å². The van der Waals surface area contributed by atoms with Crippen LogP contribution in [-0.2, 0) is 0 Å². The van der Waals surface area contributed by atoms with E-state index >= 15 is 0 Å². The smallest absolute Gasteiger partial charge is 0.123 e. The van der Waals surface area contributed by atoms with Gasteiger partial charge < -0.3 is 10.1 Å². The van der Waals surface area contributed by atoms with Gasteiger partial charge in [0.05, 0.1) is 13.2 Å². The molecule has 1 atom stereocenters. The molecular formula is C17H28N2O. The molecule has 1 N–H and O–H groups in total. The van der Waals surface area contributed by atoms with E-state index < -0.39 is 0 Å². The zero-order chi connectivity index (χ0) is 14.6. The van der Waals surface area contributed by atoms with Crippen LogP contribution in [0.25, 0.3) is 0 Å². The molecule has 112 valence electrons. The van der Waals surface area contributed by atoms with Crippen LogP contribution in [0.2, 0.25) is 0 Å². The maximum absolute atomic E-state index is 5.55. The molecule has 0 aromatic heterocycles. The Morgan fingerprint density at radius 1 is 1.15 bits per heavy atom. The summed E-state index contributed by atoms with van der Waals surface area (Å²) in [4.78, 5) is 2.62. The van der Waals surface area contributed by atoms with Crippen LogP contribution in [0.15, 0.2) is 24.3 Å². The van der Waals surface area contributed by atoms with Gasteiger partial charge in [-0.15, -0.1) is 0 Å². The van der Waals surface area contributed by atoms with Gasteiger partial charge in [-0.3, -0.25) is 4.90 Å². The monoisotopic (exact) mass is 276 g/mol. The summed E-state index contributed by atoms with van der Waals surface area (Å²) >= 11 is 0. The Kier molecular flexibility index (Phi) is 5.06. The number of methoxy groups -OCH3 is 1. The molecule has 1 heterocycles. The maximum Gasteiger partial charge on any atom is 0.123 e. The number of hydrogen-bond acceptors (Lipinski definition) is 3. The van der Waals surface area contributed by atoms with Crippen LogP contribution in [0.1, 0.15) is 44.7 Å². The lowest BCUT2D eigenvalue weighted by Gasteiger charge is -2.46. The number of rotatable bonds is 5. The molecule has 1 saturated heterocycles. The third-order valence-corrected chi connectivity index (χ3v) is 4.62. The Bertz CT molecular complexity index is 425. The molecule has 1 aromatic rings. The minimum absolute atomic E-state index is 0.0732. The van der Waals surface area contributed by atoms with E-state index in [2.05, 4.69) is 36.2 Å². The van der Waals surface area contributed by atoms with E-state index in [4.69, 9.17) is 4.74 Å². The molecule has 1 fully saturated rings. The number of hydrogen-bond donors (Lipinski definition) is 1. The number of likely N-dealkylation sites (tertiary alicyclic amines) is 1. The lowest BCUT2D eigenvalue weighted by Crippen LogP contribution is -2.53. The number of benzene rings is 1. The lowest BCUT2D eigenvalue weighted by atomic mass is 9.85. The van der Waals surface area contributed by atoms with Crippen molar-refractivity contribution in [3.8, 4) is 5.75 Å². The summed E-state index contributed by atoms with van der Waals surface area (Å²) in [6.45, 7) is 7.07. The van der Waals surface area contributed by atoms with Gasteiger partial charge in [-0.05, 0) is 52.9 Å². The van der Waals surface area contributed by atoms with Crippen LogP contribution in [-0.4, -0.2) is 37.7 Å². The fraction of sp³-hybridized carbons (Fsp3) is 0.647. The van der Waals surface area contributed by atoms with E-state index in [1.54, 1.807) is 7.11 Å². The highest BCUT2D eigenvalue weighted by Gasteiger charge is 2.37. The van der Waals surface area contributed by atoms with E-state index in [0.717, 1.165) is 5.75 Å². The van der Waals surface area contributed by atoms with Crippen molar-refractivity contribution in [3.63, 3.8) is 0 Å². The first-order valence-electron chi connectivity index (χ1n) is 7.66. The summed E-state index contributed by atoms with van der Waals surface area (Å²) in [7, 11) is 3.79. The third-order valence-electron chi connectivity index (χ3n) is 4.62. The number of piperidine rings is 1. The van der Waals surface area contributed by atoms with Crippen molar-refractivity contribution in [1.29, 1.82) is 0 Å². The zero-order valence-electron chi connectivity index (χ0n) is 13.3. The summed E-state index contributed by atoms with van der Waals surface area (Å²) in [5, 5.41) is 3.51. The average Bonchev–Trinajstić information content (AvgIpc) is 2.49. The maximum atomic E-state index is 5.55. The van der Waals surface area contributed by atoms with Gasteiger partial charge in [0, 0.05) is 11.1 Å². The summed E-state index contributed by atoms with van der Waals surface area (Å²) in [6, 6.07) is 8.60. The standard InChI is InChI=1S/C17H28N2O/c1-17(2,19-12-8-5-9-13-19)16(18-3)14-10-6-7-11-15(14)20-4/h6-7,10-11,16,18H,5,8-9,12-13H2,1-4H3. The molecule has 0 saturated carbocycles. The second-order valence-electron chi connectivity index (χ2n) is 6.17. The molecule has 0 amide bonds. The van der Waals surface area contributed by atoms with Gasteiger partial charge in [0.15, 0.2) is 0 Å². The quantitative estimate of drug-likeness (QED) is 0.893. The second-order valence-corrected chi connectivity index (χ2v) is 6.17. The van der Waals surface area contributed by atoms with Crippen LogP contribution in [0, 0.1) is 0 Å². The van der Waals surface area contributed by atoms with Crippen LogP contribution in [0.3, 0.4) is 0 Å². The molecule has 3 nitrogen and oxygen atoms in total. The zero-order valence-corrected chi connectivity index (χ0v) is 13.3. The summed E-state index contributed by atoms with van der Waals surface area (Å²) in [5.41, 5.74) is 1.32. The molecule has 2 rings (SSSR count). The number of likely N-dealkylation sites (N-methyl/N-ethyl adjacent to an activating group) is 1. The molecule has 0 bridgehead atoms. The fourth-order valence-corrected chi connectivity index (χ4v) is 3.45. The minimum Gasteiger partial charge on any atom is -0.496 e. The van der Waals surface area contributed by atoms with Crippen molar-refractivity contribution in [2.24, 2.45) is 0 Å². The predicted molar refractivity (Wildman–Crippen MR) is 84.3 cm³/mol. The highest BCUT2D eigenvalue weighted by Crippen LogP contribution is 2.36. The van der Waals surface area contributed by atoms with E-state index in [9.17, 15) is 0 Å². The Morgan fingerprint density at radius 3 is 2.40 bits per heavy atom. The summed E-state index contributed by atoms with van der Waals surface area (Å²) < 4.78 is 5.55. The molecular weight excluding hydrogens is 248 g/mol. The molecule has 0 spiro atoms. The van der Waals surface area contributed by atoms with Gasteiger partial charge >= 0.3 is 0 Å². The van der Waals surface area contributed by atoms with Gasteiger partial charge in [0.1, 0.15) is 5.75 Å². The first-order chi connectivity index (χ1) is 9.61. The lowest BCUT2D eigenvalue weighted by molar-refractivity contribution is 0.0625. The topological polar surface area (TPSA) is 24.5 Å². The Balaban J connectivity index is 2.30. The SMILES string of the molecule is CNC(c1ccccc1OC)C(C)(C)N1CCCCC1. The number of nitrogens with zero attached hydrogens (tertiary/aromatic N) is 1.